The van der Waals surface area contributed by atoms with Gasteiger partial charge in [0.1, 0.15) is 7.43 Å². The predicted octanol–water partition coefficient (Wildman–Crippen LogP) is 2.80. The Bertz CT molecular complexity index is 407. The summed E-state index contributed by atoms with van der Waals surface area (Å²) >= 11 is 6.07. The Labute approximate surface area is 94.3 Å². The third kappa shape index (κ3) is 2.19. The van der Waals surface area contributed by atoms with Crippen LogP contribution in [-0.4, -0.2) is 22.6 Å². The summed E-state index contributed by atoms with van der Waals surface area (Å²) < 4.78 is 1.39. The van der Waals surface area contributed by atoms with Crippen LogP contribution in [0.3, 0.4) is 0 Å². The molecule has 0 fully saturated rings. The molecule has 2 rings (SSSR count). The van der Waals surface area contributed by atoms with E-state index in [-0.39, 0.29) is 5.91 Å². The number of hydrogen-bond acceptors (Lipinski definition) is 2. The molecule has 0 spiro atoms. The molecule has 0 saturated heterocycles. The lowest BCUT2D eigenvalue weighted by molar-refractivity contribution is -0.124. The molecule has 78 valence electrons. The van der Waals surface area contributed by atoms with Gasteiger partial charge >= 0.3 is 0 Å². The summed E-state index contributed by atoms with van der Waals surface area (Å²) in [6.07, 6.45) is 0.667. The van der Waals surface area contributed by atoms with Gasteiger partial charge in [0.05, 0.1) is 5.71 Å². The number of hydrazone groups is 1. The van der Waals surface area contributed by atoms with Gasteiger partial charge < -0.3 is 0 Å². The third-order valence-corrected chi connectivity index (χ3v) is 4.22. The van der Waals surface area contributed by atoms with Crippen LogP contribution in [0.5, 0.6) is 0 Å². The van der Waals surface area contributed by atoms with Crippen LogP contribution in [0.2, 0.25) is 0 Å². The van der Waals surface area contributed by atoms with E-state index in [4.69, 9.17) is 11.2 Å². The second-order valence-corrected chi connectivity index (χ2v) is 5.75. The van der Waals surface area contributed by atoms with Crippen molar-refractivity contribution in [1.29, 1.82) is 0 Å². The molecule has 1 amide bonds. The van der Waals surface area contributed by atoms with Crippen LogP contribution < -0.4 is 0 Å². The minimum absolute atomic E-state index is 0.0953. The van der Waals surface area contributed by atoms with Crippen molar-refractivity contribution in [2.24, 2.45) is 5.10 Å². The van der Waals surface area contributed by atoms with Gasteiger partial charge in [-0.05, 0) is 5.56 Å². The highest BCUT2D eigenvalue weighted by Crippen LogP contribution is 2.50. The van der Waals surface area contributed by atoms with E-state index >= 15 is 0 Å². The molecule has 0 bridgehead atoms. The van der Waals surface area contributed by atoms with E-state index in [9.17, 15) is 4.79 Å². The Morgan fingerprint density at radius 3 is 2.67 bits per heavy atom. The Morgan fingerprint density at radius 2 is 2.13 bits per heavy atom. The van der Waals surface area contributed by atoms with Crippen molar-refractivity contribution < 1.29 is 4.79 Å². The highest BCUT2D eigenvalue weighted by atomic mass is 35.7. The second kappa shape index (κ2) is 4.30. The Morgan fingerprint density at radius 1 is 1.47 bits per heavy atom. The van der Waals surface area contributed by atoms with Crippen molar-refractivity contribution >= 4 is 30.3 Å². The summed E-state index contributed by atoms with van der Waals surface area (Å²) in [6.45, 7) is 1.48. The minimum atomic E-state index is -0.979. The first-order valence-electron chi connectivity index (χ1n) is 4.55. The maximum atomic E-state index is 11.2. The lowest BCUT2D eigenvalue weighted by Gasteiger charge is -2.11. The molecule has 1 heterocycles. The SMILES string of the molecule is CC(=O)N1N=C(c2ccccc2)CP1Cl. The van der Waals surface area contributed by atoms with E-state index in [1.807, 2.05) is 30.3 Å². The van der Waals surface area contributed by atoms with E-state index in [1.54, 1.807) is 0 Å². The zero-order valence-electron chi connectivity index (χ0n) is 8.22. The maximum Gasteiger partial charge on any atom is 0.244 e. The number of carbonyl (C=O) groups excluding carboxylic acids is 1. The molecule has 0 saturated carbocycles. The van der Waals surface area contributed by atoms with Crippen LogP contribution in [0.15, 0.2) is 35.4 Å². The third-order valence-electron chi connectivity index (χ3n) is 2.09. The van der Waals surface area contributed by atoms with Gasteiger partial charge in [-0.15, -0.1) is 0 Å². The molecule has 1 aromatic rings. The average molecular weight is 241 g/mol. The lowest BCUT2D eigenvalue weighted by atomic mass is 10.1. The molecule has 0 aliphatic carbocycles. The fourth-order valence-corrected chi connectivity index (χ4v) is 3.29. The Kier molecular flexibility index (Phi) is 3.03. The topological polar surface area (TPSA) is 32.7 Å². The largest absolute Gasteiger partial charge is 0.273 e. The number of nitrogens with zero attached hydrogens (tertiary/aromatic N) is 2. The number of amides is 1. The molecule has 1 atom stereocenters. The molecule has 0 aromatic heterocycles. The van der Waals surface area contributed by atoms with Crippen molar-refractivity contribution in [3.8, 4) is 0 Å². The molecular weight excluding hydrogens is 231 g/mol. The van der Waals surface area contributed by atoms with Gasteiger partial charge in [-0.1, -0.05) is 41.6 Å². The van der Waals surface area contributed by atoms with E-state index in [2.05, 4.69) is 5.10 Å². The lowest BCUT2D eigenvalue weighted by Crippen LogP contribution is -2.12. The van der Waals surface area contributed by atoms with Crippen LogP contribution in [0.25, 0.3) is 0 Å². The highest BCUT2D eigenvalue weighted by Gasteiger charge is 2.28. The van der Waals surface area contributed by atoms with Crippen LogP contribution in [0.4, 0.5) is 0 Å². The monoisotopic (exact) mass is 240 g/mol. The van der Waals surface area contributed by atoms with E-state index < -0.39 is 7.43 Å². The summed E-state index contributed by atoms with van der Waals surface area (Å²) in [5, 5.41) is 4.24. The van der Waals surface area contributed by atoms with Gasteiger partial charge in [0, 0.05) is 13.1 Å². The number of carbonyl (C=O) groups is 1. The summed E-state index contributed by atoms with van der Waals surface area (Å²) in [5.41, 5.74) is 1.93. The number of halogens is 1. The molecule has 15 heavy (non-hydrogen) atoms. The number of rotatable bonds is 1. The summed E-state index contributed by atoms with van der Waals surface area (Å²) in [4.78, 5) is 11.2. The first kappa shape index (κ1) is 10.6. The molecule has 0 radical (unpaired) electrons. The van der Waals surface area contributed by atoms with Gasteiger partial charge in [-0.3, -0.25) is 4.79 Å². The molecule has 5 heteroatoms. The Hall–Kier alpha value is -0.920. The summed E-state index contributed by atoms with van der Waals surface area (Å²) in [5.74, 6) is -0.0953. The minimum Gasteiger partial charge on any atom is -0.273 e. The first-order chi connectivity index (χ1) is 7.18. The first-order valence-corrected chi connectivity index (χ1v) is 6.94. The van der Waals surface area contributed by atoms with Crippen molar-refractivity contribution in [1.82, 2.24) is 4.78 Å². The van der Waals surface area contributed by atoms with E-state index in [0.29, 0.717) is 6.16 Å². The van der Waals surface area contributed by atoms with Gasteiger partial charge in [-0.2, -0.15) is 9.88 Å². The van der Waals surface area contributed by atoms with Gasteiger partial charge in [-0.25, -0.2) is 0 Å². The Balaban J connectivity index is 2.27. The fourth-order valence-electron chi connectivity index (χ4n) is 1.39. The smallest absolute Gasteiger partial charge is 0.244 e. The molecule has 1 aromatic carbocycles. The normalized spacial score (nSPS) is 20.3. The van der Waals surface area contributed by atoms with Crippen LogP contribution >= 0.6 is 18.7 Å². The van der Waals surface area contributed by atoms with Crippen LogP contribution in [0.1, 0.15) is 12.5 Å². The maximum absolute atomic E-state index is 11.2. The molecular formula is C10H10ClN2OP. The van der Waals surface area contributed by atoms with Crippen molar-refractivity contribution in [3.05, 3.63) is 35.9 Å². The average Bonchev–Trinajstić information content (AvgIpc) is 2.62. The van der Waals surface area contributed by atoms with Gasteiger partial charge in [0.2, 0.25) is 5.91 Å². The predicted molar refractivity (Wildman–Crippen MR) is 63.1 cm³/mol. The van der Waals surface area contributed by atoms with Gasteiger partial charge in [0.15, 0.2) is 0 Å². The van der Waals surface area contributed by atoms with Crippen LogP contribution in [-0.2, 0) is 4.79 Å². The van der Waals surface area contributed by atoms with Crippen molar-refractivity contribution in [2.75, 3.05) is 6.16 Å². The fraction of sp³-hybridized carbons (Fsp3) is 0.200. The summed E-state index contributed by atoms with van der Waals surface area (Å²) in [7, 11) is -0.979. The molecule has 1 unspecified atom stereocenters. The highest BCUT2D eigenvalue weighted by molar-refractivity contribution is 7.83. The zero-order valence-corrected chi connectivity index (χ0v) is 9.87. The molecule has 0 N–H and O–H groups in total. The molecule has 1 aliphatic heterocycles. The van der Waals surface area contributed by atoms with Crippen LogP contribution in [0, 0.1) is 0 Å². The zero-order chi connectivity index (χ0) is 10.8. The van der Waals surface area contributed by atoms with Gasteiger partial charge in [0.25, 0.3) is 0 Å². The van der Waals surface area contributed by atoms with Crippen molar-refractivity contribution in [3.63, 3.8) is 0 Å². The summed E-state index contributed by atoms with van der Waals surface area (Å²) in [6, 6.07) is 9.80. The number of hydrogen-bond donors (Lipinski definition) is 0. The van der Waals surface area contributed by atoms with Crippen molar-refractivity contribution in [2.45, 2.75) is 6.92 Å². The molecule has 3 nitrogen and oxygen atoms in total. The molecule has 1 aliphatic rings. The second-order valence-electron chi connectivity index (χ2n) is 3.22. The quantitative estimate of drug-likeness (QED) is 0.695. The standard InChI is InChI=1S/C10H10ClN2OP/c1-8(14)13-12-10(7-15(13)11)9-5-3-2-4-6-9/h2-6H,7H2,1H3. The number of benzene rings is 1. The van der Waals surface area contributed by atoms with E-state index in [0.717, 1.165) is 11.3 Å². The van der Waals surface area contributed by atoms with E-state index in [1.165, 1.54) is 11.7 Å².